The Hall–Kier alpha value is -0.820. The third-order valence-corrected chi connectivity index (χ3v) is 5.65. The van der Waals surface area contributed by atoms with Crippen molar-refractivity contribution in [3.8, 4) is 0 Å². The van der Waals surface area contributed by atoms with Gasteiger partial charge in [-0.1, -0.05) is 62.4 Å². The highest BCUT2D eigenvalue weighted by atomic mass is 14.9. The van der Waals surface area contributed by atoms with Gasteiger partial charge in [-0.25, -0.2) is 0 Å². The fraction of sp³-hybridized carbons (Fsp3) is 0.667. The van der Waals surface area contributed by atoms with Crippen molar-refractivity contribution in [1.29, 1.82) is 0 Å². The zero-order valence-electron chi connectivity index (χ0n) is 12.2. The minimum atomic E-state index is 0.408. The van der Waals surface area contributed by atoms with Crippen LogP contribution in [0.15, 0.2) is 30.3 Å². The Morgan fingerprint density at radius 2 is 1.79 bits per heavy atom. The zero-order chi connectivity index (χ0) is 13.1. The zero-order valence-corrected chi connectivity index (χ0v) is 12.2. The van der Waals surface area contributed by atoms with Crippen LogP contribution in [0.1, 0.15) is 56.9 Å². The molecule has 0 bridgehead atoms. The molecule has 0 heterocycles. The second-order valence-corrected chi connectivity index (χ2v) is 6.60. The third kappa shape index (κ3) is 2.45. The molecule has 0 saturated heterocycles. The second-order valence-electron chi connectivity index (χ2n) is 6.60. The standard InChI is InChI=1S/C18H27N/c1-19-17(14-15-8-7-9-15)18(12-5-6-13-18)16-10-3-2-4-11-16/h2-4,10-11,15,17,19H,5-9,12-14H2,1H3. The minimum Gasteiger partial charge on any atom is -0.316 e. The lowest BCUT2D eigenvalue weighted by atomic mass is 9.67. The normalized spacial score (nSPS) is 24.1. The molecule has 1 heteroatoms. The molecule has 2 fully saturated rings. The van der Waals surface area contributed by atoms with Gasteiger partial charge in [0.2, 0.25) is 0 Å². The smallest absolute Gasteiger partial charge is 0.0164 e. The molecule has 1 N–H and O–H groups in total. The Labute approximate surface area is 117 Å². The highest BCUT2D eigenvalue weighted by Gasteiger charge is 2.43. The first-order chi connectivity index (χ1) is 9.35. The van der Waals surface area contributed by atoms with Gasteiger partial charge in [0.25, 0.3) is 0 Å². The molecule has 1 atom stereocenters. The molecule has 0 radical (unpaired) electrons. The van der Waals surface area contributed by atoms with Gasteiger partial charge in [0.1, 0.15) is 0 Å². The number of hydrogen-bond donors (Lipinski definition) is 1. The van der Waals surface area contributed by atoms with Crippen LogP contribution in [-0.2, 0) is 5.41 Å². The Bertz CT molecular complexity index is 387. The molecular formula is C18H27N. The number of benzene rings is 1. The number of likely N-dealkylation sites (N-methyl/N-ethyl adjacent to an activating group) is 1. The van der Waals surface area contributed by atoms with Crippen LogP contribution in [0.4, 0.5) is 0 Å². The van der Waals surface area contributed by atoms with Gasteiger partial charge in [-0.2, -0.15) is 0 Å². The first-order valence-corrected chi connectivity index (χ1v) is 8.08. The lowest BCUT2D eigenvalue weighted by Gasteiger charge is -2.41. The quantitative estimate of drug-likeness (QED) is 0.830. The predicted octanol–water partition coefficient (Wildman–Crippen LogP) is 4.28. The molecule has 0 spiro atoms. The maximum atomic E-state index is 3.68. The molecule has 0 aromatic heterocycles. The van der Waals surface area contributed by atoms with Gasteiger partial charge in [-0.3, -0.25) is 0 Å². The topological polar surface area (TPSA) is 12.0 Å². The minimum absolute atomic E-state index is 0.408. The summed E-state index contributed by atoms with van der Waals surface area (Å²) in [7, 11) is 2.17. The fourth-order valence-electron chi connectivity index (χ4n) is 4.30. The van der Waals surface area contributed by atoms with E-state index >= 15 is 0 Å². The molecule has 1 nitrogen and oxygen atoms in total. The summed E-state index contributed by atoms with van der Waals surface area (Å²) in [4.78, 5) is 0. The Morgan fingerprint density at radius 1 is 1.11 bits per heavy atom. The first-order valence-electron chi connectivity index (χ1n) is 8.08. The Kier molecular flexibility index (Phi) is 3.93. The van der Waals surface area contributed by atoms with Gasteiger partial charge in [-0.05, 0) is 37.8 Å². The average molecular weight is 257 g/mol. The van der Waals surface area contributed by atoms with Crippen molar-refractivity contribution in [3.63, 3.8) is 0 Å². The van der Waals surface area contributed by atoms with E-state index in [1.807, 2.05) is 0 Å². The molecule has 104 valence electrons. The van der Waals surface area contributed by atoms with Crippen molar-refractivity contribution in [2.45, 2.75) is 62.8 Å². The SMILES string of the molecule is CNC(CC1CCC1)C1(c2ccccc2)CCCC1. The van der Waals surface area contributed by atoms with Gasteiger partial charge in [0.05, 0.1) is 0 Å². The molecular weight excluding hydrogens is 230 g/mol. The monoisotopic (exact) mass is 257 g/mol. The van der Waals surface area contributed by atoms with Crippen molar-refractivity contribution in [2.75, 3.05) is 7.05 Å². The van der Waals surface area contributed by atoms with E-state index in [1.54, 1.807) is 5.56 Å². The second kappa shape index (κ2) is 5.66. The summed E-state index contributed by atoms with van der Waals surface area (Å²) in [5.74, 6) is 0.985. The van der Waals surface area contributed by atoms with Gasteiger partial charge in [-0.15, -0.1) is 0 Å². The van der Waals surface area contributed by atoms with Gasteiger partial charge in [0.15, 0.2) is 0 Å². The molecule has 0 amide bonds. The Morgan fingerprint density at radius 3 is 2.32 bits per heavy atom. The molecule has 1 aromatic carbocycles. The summed E-state index contributed by atoms with van der Waals surface area (Å²) < 4.78 is 0. The van der Waals surface area contributed by atoms with E-state index in [9.17, 15) is 0 Å². The van der Waals surface area contributed by atoms with Crippen molar-refractivity contribution < 1.29 is 0 Å². The third-order valence-electron chi connectivity index (χ3n) is 5.65. The average Bonchev–Trinajstić information content (AvgIpc) is 2.89. The van der Waals surface area contributed by atoms with E-state index in [0.717, 1.165) is 5.92 Å². The van der Waals surface area contributed by atoms with Crippen LogP contribution in [0.3, 0.4) is 0 Å². The Balaban J connectivity index is 1.85. The molecule has 1 unspecified atom stereocenters. The summed E-state index contributed by atoms with van der Waals surface area (Å²) in [6.07, 6.45) is 11.3. The molecule has 2 saturated carbocycles. The van der Waals surface area contributed by atoms with Crippen molar-refractivity contribution in [3.05, 3.63) is 35.9 Å². The van der Waals surface area contributed by atoms with Crippen molar-refractivity contribution in [1.82, 2.24) is 5.32 Å². The van der Waals surface area contributed by atoms with E-state index in [-0.39, 0.29) is 0 Å². The van der Waals surface area contributed by atoms with Crippen LogP contribution in [0.2, 0.25) is 0 Å². The van der Waals surface area contributed by atoms with E-state index in [0.29, 0.717) is 11.5 Å². The van der Waals surface area contributed by atoms with Crippen molar-refractivity contribution in [2.24, 2.45) is 5.92 Å². The highest BCUT2D eigenvalue weighted by Crippen LogP contribution is 2.46. The van der Waals surface area contributed by atoms with Crippen LogP contribution < -0.4 is 5.32 Å². The fourth-order valence-corrected chi connectivity index (χ4v) is 4.30. The lowest BCUT2D eigenvalue weighted by molar-refractivity contribution is 0.205. The van der Waals surface area contributed by atoms with E-state index in [2.05, 4.69) is 42.7 Å². The summed E-state index contributed by atoms with van der Waals surface area (Å²) in [6.45, 7) is 0. The molecule has 19 heavy (non-hydrogen) atoms. The van der Waals surface area contributed by atoms with Crippen LogP contribution in [0.25, 0.3) is 0 Å². The van der Waals surface area contributed by atoms with Crippen LogP contribution in [-0.4, -0.2) is 13.1 Å². The number of nitrogens with one attached hydrogen (secondary N) is 1. The summed E-state index contributed by atoms with van der Waals surface area (Å²) >= 11 is 0. The summed E-state index contributed by atoms with van der Waals surface area (Å²) in [5, 5.41) is 3.68. The molecule has 3 rings (SSSR count). The van der Waals surface area contributed by atoms with Gasteiger partial charge < -0.3 is 5.32 Å². The molecule has 1 aromatic rings. The molecule has 2 aliphatic carbocycles. The predicted molar refractivity (Wildman–Crippen MR) is 81.4 cm³/mol. The first kappa shape index (κ1) is 13.2. The number of rotatable bonds is 5. The van der Waals surface area contributed by atoms with E-state index in [4.69, 9.17) is 0 Å². The maximum Gasteiger partial charge on any atom is 0.0164 e. The van der Waals surface area contributed by atoms with E-state index in [1.165, 1.54) is 51.4 Å². The highest BCUT2D eigenvalue weighted by molar-refractivity contribution is 5.29. The van der Waals surface area contributed by atoms with Crippen molar-refractivity contribution >= 4 is 0 Å². The maximum absolute atomic E-state index is 3.68. The van der Waals surface area contributed by atoms with Gasteiger partial charge >= 0.3 is 0 Å². The van der Waals surface area contributed by atoms with Crippen LogP contribution >= 0.6 is 0 Å². The van der Waals surface area contributed by atoms with Crippen LogP contribution in [0.5, 0.6) is 0 Å². The molecule has 0 aliphatic heterocycles. The lowest BCUT2D eigenvalue weighted by Crippen LogP contribution is -2.47. The number of hydrogen-bond acceptors (Lipinski definition) is 1. The largest absolute Gasteiger partial charge is 0.316 e. The summed E-state index contributed by atoms with van der Waals surface area (Å²) in [5.41, 5.74) is 1.98. The summed E-state index contributed by atoms with van der Waals surface area (Å²) in [6, 6.07) is 12.0. The van der Waals surface area contributed by atoms with E-state index < -0.39 is 0 Å². The molecule has 2 aliphatic rings. The van der Waals surface area contributed by atoms with Crippen LogP contribution in [0, 0.1) is 5.92 Å². The van der Waals surface area contributed by atoms with Gasteiger partial charge in [0, 0.05) is 11.5 Å².